The van der Waals surface area contributed by atoms with Crippen molar-refractivity contribution in [2.75, 3.05) is 13.1 Å². The van der Waals surface area contributed by atoms with E-state index in [-0.39, 0.29) is 12.4 Å². The number of nitrogens with two attached hydrogens (primary N) is 1. The molecule has 2 aromatic rings. The number of fused-ring (bicyclic) bond motifs is 1. The molecule has 1 aliphatic heterocycles. The highest BCUT2D eigenvalue weighted by atomic mass is 35.5. The molecule has 1 atom stereocenters. The molecule has 0 saturated carbocycles. The standard InChI is InChI=1S/C16H22N2O.ClH/c1-12(17)13-6-8-18(9-7-13)11-15-10-14-4-2-3-5-16(14)19-15;/h2-5,10,12-13H,6-9,11,17H2,1H3;1H. The summed E-state index contributed by atoms with van der Waals surface area (Å²) in [6.07, 6.45) is 2.41. The van der Waals surface area contributed by atoms with Gasteiger partial charge in [0, 0.05) is 11.4 Å². The zero-order valence-electron chi connectivity index (χ0n) is 11.9. The molecule has 0 radical (unpaired) electrons. The Bertz CT molecular complexity index is 511. The number of para-hydroxylation sites is 1. The predicted octanol–water partition coefficient (Wildman–Crippen LogP) is 3.41. The molecule has 0 spiro atoms. The smallest absolute Gasteiger partial charge is 0.134 e. The van der Waals surface area contributed by atoms with Gasteiger partial charge in [0.05, 0.1) is 6.54 Å². The van der Waals surface area contributed by atoms with Gasteiger partial charge in [-0.3, -0.25) is 4.90 Å². The summed E-state index contributed by atoms with van der Waals surface area (Å²) in [5.41, 5.74) is 6.97. The van der Waals surface area contributed by atoms with Gasteiger partial charge in [-0.1, -0.05) is 18.2 Å². The van der Waals surface area contributed by atoms with Gasteiger partial charge in [0.1, 0.15) is 11.3 Å². The number of nitrogens with zero attached hydrogens (tertiary/aromatic N) is 1. The summed E-state index contributed by atoms with van der Waals surface area (Å²) < 4.78 is 5.88. The second-order valence-corrected chi connectivity index (χ2v) is 5.72. The fourth-order valence-electron chi connectivity index (χ4n) is 2.97. The first-order chi connectivity index (χ1) is 9.22. The quantitative estimate of drug-likeness (QED) is 0.943. The minimum Gasteiger partial charge on any atom is -0.460 e. The molecule has 2 N–H and O–H groups in total. The normalized spacial score (nSPS) is 18.9. The van der Waals surface area contributed by atoms with Crippen molar-refractivity contribution in [2.45, 2.75) is 32.4 Å². The molecular formula is C16H23ClN2O. The lowest BCUT2D eigenvalue weighted by atomic mass is 9.91. The number of rotatable bonds is 3. The Labute approximate surface area is 126 Å². The molecule has 1 unspecified atom stereocenters. The Morgan fingerprint density at radius 3 is 2.65 bits per heavy atom. The van der Waals surface area contributed by atoms with E-state index in [4.69, 9.17) is 10.2 Å². The highest BCUT2D eigenvalue weighted by Gasteiger charge is 2.22. The van der Waals surface area contributed by atoms with Crippen molar-refractivity contribution in [3.05, 3.63) is 36.1 Å². The van der Waals surface area contributed by atoms with Crippen LogP contribution in [-0.4, -0.2) is 24.0 Å². The summed E-state index contributed by atoms with van der Waals surface area (Å²) in [6.45, 7) is 5.30. The van der Waals surface area contributed by atoms with Crippen molar-refractivity contribution in [1.29, 1.82) is 0 Å². The third-order valence-electron chi connectivity index (χ3n) is 4.23. The number of hydrogen-bond acceptors (Lipinski definition) is 3. The van der Waals surface area contributed by atoms with Crippen LogP contribution in [0.3, 0.4) is 0 Å². The predicted molar refractivity (Wildman–Crippen MR) is 85.1 cm³/mol. The van der Waals surface area contributed by atoms with Crippen LogP contribution < -0.4 is 5.73 Å². The molecule has 0 aliphatic carbocycles. The van der Waals surface area contributed by atoms with Crippen molar-refractivity contribution < 1.29 is 4.42 Å². The minimum absolute atomic E-state index is 0. The molecule has 0 bridgehead atoms. The van der Waals surface area contributed by atoms with Crippen LogP contribution in [0.1, 0.15) is 25.5 Å². The molecule has 3 nitrogen and oxygen atoms in total. The molecule has 1 aromatic heterocycles. The van der Waals surface area contributed by atoms with E-state index in [0.29, 0.717) is 12.0 Å². The van der Waals surface area contributed by atoms with E-state index in [1.165, 1.54) is 18.2 Å². The summed E-state index contributed by atoms with van der Waals surface area (Å²) in [4.78, 5) is 2.47. The van der Waals surface area contributed by atoms with Crippen molar-refractivity contribution in [3.63, 3.8) is 0 Å². The van der Waals surface area contributed by atoms with E-state index in [2.05, 4.69) is 30.0 Å². The van der Waals surface area contributed by atoms with Crippen LogP contribution in [0.25, 0.3) is 11.0 Å². The molecule has 1 fully saturated rings. The molecule has 1 aliphatic rings. The Morgan fingerprint density at radius 1 is 1.30 bits per heavy atom. The zero-order chi connectivity index (χ0) is 13.2. The Morgan fingerprint density at radius 2 is 2.00 bits per heavy atom. The van der Waals surface area contributed by atoms with Crippen LogP contribution in [0.4, 0.5) is 0 Å². The summed E-state index contributed by atoms with van der Waals surface area (Å²) in [7, 11) is 0. The Kier molecular flexibility index (Phi) is 5.08. The number of piperidine rings is 1. The van der Waals surface area contributed by atoms with E-state index in [1.54, 1.807) is 0 Å². The average Bonchev–Trinajstić information content (AvgIpc) is 2.81. The summed E-state index contributed by atoms with van der Waals surface area (Å²) in [6, 6.07) is 10.7. The largest absolute Gasteiger partial charge is 0.460 e. The van der Waals surface area contributed by atoms with Crippen LogP contribution in [0, 0.1) is 5.92 Å². The Balaban J connectivity index is 0.00000147. The van der Waals surface area contributed by atoms with E-state index >= 15 is 0 Å². The van der Waals surface area contributed by atoms with Crippen LogP contribution in [0.5, 0.6) is 0 Å². The fraction of sp³-hybridized carbons (Fsp3) is 0.500. The van der Waals surface area contributed by atoms with Crippen LogP contribution in [-0.2, 0) is 6.54 Å². The van der Waals surface area contributed by atoms with Crippen LogP contribution >= 0.6 is 12.4 Å². The maximum absolute atomic E-state index is 5.98. The van der Waals surface area contributed by atoms with Gasteiger partial charge in [-0.05, 0) is 50.9 Å². The van der Waals surface area contributed by atoms with Crippen molar-refractivity contribution >= 4 is 23.4 Å². The maximum atomic E-state index is 5.98. The molecule has 0 amide bonds. The van der Waals surface area contributed by atoms with Crippen molar-refractivity contribution in [1.82, 2.24) is 4.90 Å². The average molecular weight is 295 g/mol. The molecular weight excluding hydrogens is 272 g/mol. The highest BCUT2D eigenvalue weighted by molar-refractivity contribution is 5.85. The van der Waals surface area contributed by atoms with Gasteiger partial charge < -0.3 is 10.2 Å². The van der Waals surface area contributed by atoms with E-state index in [1.807, 2.05) is 12.1 Å². The molecule has 3 rings (SSSR count). The van der Waals surface area contributed by atoms with Crippen molar-refractivity contribution in [3.8, 4) is 0 Å². The molecule has 110 valence electrons. The van der Waals surface area contributed by atoms with Gasteiger partial charge in [-0.25, -0.2) is 0 Å². The first-order valence-electron chi connectivity index (χ1n) is 7.18. The summed E-state index contributed by atoms with van der Waals surface area (Å²) >= 11 is 0. The highest BCUT2D eigenvalue weighted by Crippen LogP contribution is 2.24. The zero-order valence-corrected chi connectivity index (χ0v) is 12.7. The van der Waals surface area contributed by atoms with Gasteiger partial charge in [0.2, 0.25) is 0 Å². The summed E-state index contributed by atoms with van der Waals surface area (Å²) in [5, 5.41) is 1.20. The number of hydrogen-bond donors (Lipinski definition) is 1. The van der Waals surface area contributed by atoms with Gasteiger partial charge in [0.15, 0.2) is 0 Å². The SMILES string of the molecule is CC(N)C1CCN(Cc2cc3ccccc3o2)CC1.Cl. The maximum Gasteiger partial charge on any atom is 0.134 e. The third-order valence-corrected chi connectivity index (χ3v) is 4.23. The topological polar surface area (TPSA) is 42.4 Å². The second kappa shape index (κ2) is 6.61. The Hall–Kier alpha value is -1.03. The van der Waals surface area contributed by atoms with Gasteiger partial charge in [-0.15, -0.1) is 12.4 Å². The van der Waals surface area contributed by atoms with Crippen LogP contribution in [0.2, 0.25) is 0 Å². The summed E-state index contributed by atoms with van der Waals surface area (Å²) in [5.74, 6) is 1.76. The molecule has 1 aromatic carbocycles. The number of halogens is 1. The number of likely N-dealkylation sites (tertiary alicyclic amines) is 1. The second-order valence-electron chi connectivity index (χ2n) is 5.72. The van der Waals surface area contributed by atoms with Crippen LogP contribution in [0.15, 0.2) is 34.7 Å². The third kappa shape index (κ3) is 3.35. The minimum atomic E-state index is 0. The monoisotopic (exact) mass is 294 g/mol. The van der Waals surface area contributed by atoms with Gasteiger partial charge in [0.25, 0.3) is 0 Å². The van der Waals surface area contributed by atoms with Gasteiger partial charge >= 0.3 is 0 Å². The van der Waals surface area contributed by atoms with Gasteiger partial charge in [-0.2, -0.15) is 0 Å². The number of furan rings is 1. The lowest BCUT2D eigenvalue weighted by Crippen LogP contribution is -2.39. The molecule has 2 heterocycles. The number of benzene rings is 1. The molecule has 1 saturated heterocycles. The van der Waals surface area contributed by atoms with E-state index in [0.717, 1.165) is 31.0 Å². The van der Waals surface area contributed by atoms with E-state index < -0.39 is 0 Å². The lowest BCUT2D eigenvalue weighted by Gasteiger charge is -2.33. The first kappa shape index (κ1) is 15.4. The van der Waals surface area contributed by atoms with Crippen molar-refractivity contribution in [2.24, 2.45) is 11.7 Å². The fourth-order valence-corrected chi connectivity index (χ4v) is 2.97. The van der Waals surface area contributed by atoms with E-state index in [9.17, 15) is 0 Å². The molecule has 4 heteroatoms. The molecule has 20 heavy (non-hydrogen) atoms. The lowest BCUT2D eigenvalue weighted by molar-refractivity contribution is 0.157. The first-order valence-corrected chi connectivity index (χ1v) is 7.18.